The largest absolute Gasteiger partial charge is 0.431 e. The quantitative estimate of drug-likeness (QED) is 0.687. The van der Waals surface area contributed by atoms with E-state index in [2.05, 4.69) is 37.3 Å². The second-order valence-electron chi connectivity index (χ2n) is 7.30. The first kappa shape index (κ1) is 17.3. The summed E-state index contributed by atoms with van der Waals surface area (Å²) < 4.78 is 5.85. The van der Waals surface area contributed by atoms with E-state index < -0.39 is 6.03 Å². The lowest BCUT2D eigenvalue weighted by Gasteiger charge is -2.55. The van der Waals surface area contributed by atoms with Crippen LogP contribution in [0.25, 0.3) is 10.5 Å². The summed E-state index contributed by atoms with van der Waals surface area (Å²) in [5.41, 5.74) is 7.10. The Morgan fingerprint density at radius 1 is 1.18 bits per heavy atom. The van der Waals surface area contributed by atoms with E-state index in [1.54, 1.807) is 12.4 Å². The van der Waals surface area contributed by atoms with Gasteiger partial charge in [0.1, 0.15) is 5.75 Å². The Kier molecular flexibility index (Phi) is 4.33. The Labute approximate surface area is 165 Å². The molecule has 2 saturated heterocycles. The summed E-state index contributed by atoms with van der Waals surface area (Å²) in [4.78, 5) is 27.1. The number of nitrogens with one attached hydrogen (secondary N) is 1. The van der Waals surface area contributed by atoms with Gasteiger partial charge >= 0.3 is 6.03 Å². The molecular formula is C19H20N6O2S. The highest BCUT2D eigenvalue weighted by molar-refractivity contribution is 7.19. The van der Waals surface area contributed by atoms with Crippen LogP contribution in [0.1, 0.15) is 24.8 Å². The monoisotopic (exact) mass is 396 g/mol. The van der Waals surface area contributed by atoms with Gasteiger partial charge in [0.05, 0.1) is 0 Å². The van der Waals surface area contributed by atoms with Gasteiger partial charge in [0.25, 0.3) is 5.19 Å². The second kappa shape index (κ2) is 6.99. The van der Waals surface area contributed by atoms with Gasteiger partial charge < -0.3 is 15.8 Å². The molecular weight excluding hydrogens is 376 g/mol. The maximum atomic E-state index is 11.1. The maximum Gasteiger partial charge on any atom is 0.312 e. The zero-order valence-electron chi connectivity index (χ0n) is 15.1. The van der Waals surface area contributed by atoms with Gasteiger partial charge in [-0.1, -0.05) is 23.5 Å². The molecule has 3 aromatic rings. The van der Waals surface area contributed by atoms with Crippen LogP contribution in [0.15, 0.2) is 36.7 Å². The number of benzene rings is 1. The summed E-state index contributed by atoms with van der Waals surface area (Å²) in [6.07, 6.45) is 6.42. The van der Waals surface area contributed by atoms with E-state index in [9.17, 15) is 4.79 Å². The maximum absolute atomic E-state index is 11.1. The number of aromatic nitrogens is 3. The number of fused-ring (bicyclic) bond motifs is 3. The number of hydrogen-bond acceptors (Lipinski definition) is 7. The molecule has 3 N–H and O–H groups in total. The molecule has 2 bridgehead atoms. The van der Waals surface area contributed by atoms with Gasteiger partial charge in [0.15, 0.2) is 10.5 Å². The summed E-state index contributed by atoms with van der Waals surface area (Å²) >= 11 is 1.38. The van der Waals surface area contributed by atoms with E-state index in [0.29, 0.717) is 22.9 Å². The van der Waals surface area contributed by atoms with Crippen LogP contribution >= 0.6 is 11.3 Å². The van der Waals surface area contributed by atoms with Crippen molar-refractivity contribution in [2.45, 2.75) is 43.9 Å². The van der Waals surface area contributed by atoms with Crippen LogP contribution in [0, 0.1) is 0 Å². The van der Waals surface area contributed by atoms with Crippen molar-refractivity contribution in [2.75, 3.05) is 0 Å². The summed E-state index contributed by atoms with van der Waals surface area (Å²) in [6.45, 7) is 0.911. The third-order valence-electron chi connectivity index (χ3n) is 5.46. The number of nitrogens with zero attached hydrogens (tertiary/aromatic N) is 4. The van der Waals surface area contributed by atoms with E-state index in [1.165, 1.54) is 23.3 Å². The lowest BCUT2D eigenvalue weighted by atomic mass is 9.76. The van der Waals surface area contributed by atoms with Gasteiger partial charge in [-0.15, -0.1) is 0 Å². The van der Waals surface area contributed by atoms with Gasteiger partial charge in [-0.3, -0.25) is 4.90 Å². The van der Waals surface area contributed by atoms with Crippen molar-refractivity contribution in [3.05, 3.63) is 42.2 Å². The molecule has 8 nitrogen and oxygen atoms in total. The number of nitrogens with two attached hydrogens (primary N) is 1. The Hall–Kier alpha value is -2.78. The Morgan fingerprint density at radius 2 is 1.93 bits per heavy atom. The highest BCUT2D eigenvalue weighted by Crippen LogP contribution is 2.39. The highest BCUT2D eigenvalue weighted by atomic mass is 32.1. The van der Waals surface area contributed by atoms with Crippen LogP contribution in [-0.2, 0) is 6.54 Å². The molecule has 4 heterocycles. The van der Waals surface area contributed by atoms with Crippen LogP contribution in [0.4, 0.5) is 4.79 Å². The molecule has 3 aliphatic rings. The minimum Gasteiger partial charge on any atom is -0.431 e. The van der Waals surface area contributed by atoms with Crippen LogP contribution in [0.3, 0.4) is 0 Å². The third-order valence-corrected chi connectivity index (χ3v) is 6.29. The lowest BCUT2D eigenvalue weighted by Crippen LogP contribution is -2.64. The van der Waals surface area contributed by atoms with Crippen LogP contribution in [0.2, 0.25) is 0 Å². The number of thiazole rings is 1. The van der Waals surface area contributed by atoms with Crippen molar-refractivity contribution in [3.63, 3.8) is 0 Å². The van der Waals surface area contributed by atoms with Gasteiger partial charge in [-0.05, 0) is 37.0 Å². The minimum atomic E-state index is -0.423. The van der Waals surface area contributed by atoms with Gasteiger partial charge in [-0.2, -0.15) is 4.98 Å². The molecule has 1 aromatic carbocycles. The molecule has 3 fully saturated rings. The molecule has 0 radical (unpaired) electrons. The van der Waals surface area contributed by atoms with Crippen LogP contribution in [0.5, 0.6) is 10.9 Å². The Balaban J connectivity index is 1.20. The van der Waals surface area contributed by atoms with Crippen molar-refractivity contribution in [1.82, 2.24) is 25.2 Å². The summed E-state index contributed by atoms with van der Waals surface area (Å²) in [7, 11) is 0. The molecule has 1 saturated carbocycles. The van der Waals surface area contributed by atoms with Gasteiger partial charge in [-0.25, -0.2) is 14.8 Å². The molecule has 28 heavy (non-hydrogen) atoms. The second-order valence-corrected chi connectivity index (χ2v) is 8.24. The Morgan fingerprint density at radius 3 is 2.64 bits per heavy atom. The standard InChI is InChI=1S/C19H20N6O2S/c20-18(26)23-12-7-13-9-14(8-12)25(13)10-11-1-3-15(4-2-11)27-19-24-16-17(28-19)22-6-5-21-16/h1-6,12-14H,7-10H2,(H3,20,23,26)/t12?,13-,14+. The topological polar surface area (TPSA) is 106 Å². The summed E-state index contributed by atoms with van der Waals surface area (Å²) in [5.74, 6) is 0.748. The highest BCUT2D eigenvalue weighted by Gasteiger charge is 2.45. The zero-order chi connectivity index (χ0) is 19.1. The third kappa shape index (κ3) is 3.38. The van der Waals surface area contributed by atoms with Crippen molar-refractivity contribution < 1.29 is 9.53 Å². The number of ether oxygens (including phenoxy) is 1. The van der Waals surface area contributed by atoms with Crippen LogP contribution < -0.4 is 15.8 Å². The number of amides is 2. The first-order chi connectivity index (χ1) is 13.6. The van der Waals surface area contributed by atoms with Crippen molar-refractivity contribution in [1.29, 1.82) is 0 Å². The van der Waals surface area contributed by atoms with Crippen molar-refractivity contribution in [3.8, 4) is 10.9 Å². The van der Waals surface area contributed by atoms with Crippen molar-refractivity contribution >= 4 is 27.8 Å². The predicted molar refractivity (Wildman–Crippen MR) is 105 cm³/mol. The number of rotatable bonds is 5. The van der Waals surface area contributed by atoms with E-state index in [0.717, 1.165) is 30.0 Å². The minimum absolute atomic E-state index is 0.214. The SMILES string of the molecule is NC(=O)NC1C[C@@H]2C[C@H](C1)N2Cc1ccc(Oc2nc3nccnc3s2)cc1. The number of piperidine rings is 1. The number of hydrogen-bond donors (Lipinski definition) is 2. The van der Waals surface area contributed by atoms with Gasteiger partial charge in [0, 0.05) is 37.1 Å². The molecule has 2 amide bonds. The van der Waals surface area contributed by atoms with Crippen molar-refractivity contribution in [2.24, 2.45) is 5.73 Å². The number of primary amides is 1. The average molecular weight is 396 g/mol. The number of carbonyl (C=O) groups is 1. The molecule has 0 spiro atoms. The van der Waals surface area contributed by atoms with E-state index in [4.69, 9.17) is 10.5 Å². The molecule has 2 aromatic heterocycles. The van der Waals surface area contributed by atoms with Crippen LogP contribution in [-0.4, -0.2) is 44.0 Å². The molecule has 9 heteroatoms. The van der Waals surface area contributed by atoms with Gasteiger partial charge in [0.2, 0.25) is 0 Å². The first-order valence-electron chi connectivity index (χ1n) is 9.30. The molecule has 144 valence electrons. The summed E-state index contributed by atoms with van der Waals surface area (Å²) in [6, 6.07) is 8.95. The smallest absolute Gasteiger partial charge is 0.312 e. The summed E-state index contributed by atoms with van der Waals surface area (Å²) in [5, 5.41) is 3.39. The van der Waals surface area contributed by atoms with E-state index in [-0.39, 0.29) is 6.04 Å². The molecule has 1 aliphatic carbocycles. The lowest BCUT2D eigenvalue weighted by molar-refractivity contribution is -0.0458. The Bertz CT molecular complexity index is 962. The fraction of sp³-hybridized carbons (Fsp3) is 0.368. The number of carbonyl (C=O) groups excluding carboxylic acids is 1. The number of urea groups is 1. The molecule has 2 aliphatic heterocycles. The normalized spacial score (nSPS) is 23.9. The fourth-order valence-corrected chi connectivity index (χ4v) is 4.95. The predicted octanol–water partition coefficient (Wildman–Crippen LogP) is 2.65. The van der Waals surface area contributed by atoms with E-state index in [1.807, 2.05) is 12.1 Å². The average Bonchev–Trinajstić information content (AvgIpc) is 3.09. The van der Waals surface area contributed by atoms with E-state index >= 15 is 0 Å². The molecule has 1 unspecified atom stereocenters. The first-order valence-corrected chi connectivity index (χ1v) is 10.1. The molecule has 6 rings (SSSR count). The zero-order valence-corrected chi connectivity index (χ0v) is 15.9. The fourth-order valence-electron chi connectivity index (χ4n) is 4.22. The molecule has 3 atom stereocenters.